The van der Waals surface area contributed by atoms with Crippen LogP contribution in [0.5, 0.6) is 0 Å². The molecular formula is C8H9AsBrCl. The molecule has 3 heteroatoms. The summed E-state index contributed by atoms with van der Waals surface area (Å²) in [5.41, 5.74) is 0. The number of halogens is 2. The Hall–Kier alpha value is 0.548. The van der Waals surface area contributed by atoms with Gasteiger partial charge in [0.25, 0.3) is 0 Å². The van der Waals surface area contributed by atoms with Gasteiger partial charge in [-0.05, 0) is 0 Å². The summed E-state index contributed by atoms with van der Waals surface area (Å²) in [5, 5.41) is 1.12. The molecule has 1 atom stereocenters. The molecule has 0 fully saturated rings. The fourth-order valence-corrected chi connectivity index (χ4v) is 3.39. The molecule has 0 aromatic heterocycles. The molecule has 0 spiro atoms. The van der Waals surface area contributed by atoms with E-state index >= 15 is 0 Å². The van der Waals surface area contributed by atoms with Crippen molar-refractivity contribution in [2.45, 2.75) is 12.1 Å². The first-order chi connectivity index (χ1) is 5.24. The number of benzene rings is 1. The molecule has 1 aromatic rings. The molecule has 0 N–H and O–H groups in total. The average molecular weight is 295 g/mol. The fourth-order valence-electron chi connectivity index (χ4n) is 0.785. The van der Waals surface area contributed by atoms with Crippen LogP contribution in [0.3, 0.4) is 0 Å². The summed E-state index contributed by atoms with van der Waals surface area (Å²) >= 11 is 2.22. The first-order valence-electron chi connectivity index (χ1n) is 3.43. The predicted molar refractivity (Wildman–Crippen MR) is 55.9 cm³/mol. The predicted octanol–water partition coefficient (Wildman–Crippen LogP) is 2.91. The Balaban J connectivity index is 2.81. The van der Waals surface area contributed by atoms with E-state index in [0.717, 1.165) is 9.68 Å². The van der Waals surface area contributed by atoms with E-state index in [1.165, 1.54) is 4.35 Å². The first kappa shape index (κ1) is 9.64. The molecule has 11 heavy (non-hydrogen) atoms. The molecule has 0 bridgehead atoms. The zero-order valence-corrected chi connectivity index (χ0v) is 10.4. The third kappa shape index (κ3) is 2.81. The van der Waals surface area contributed by atoms with Gasteiger partial charge in [-0.1, -0.05) is 0 Å². The van der Waals surface area contributed by atoms with E-state index in [2.05, 4.69) is 47.1 Å². The molecule has 0 aliphatic heterocycles. The Bertz CT molecular complexity index is 222. The second-order valence-electron chi connectivity index (χ2n) is 2.15. The van der Waals surface area contributed by atoms with Gasteiger partial charge in [-0.15, -0.1) is 0 Å². The minimum absolute atomic E-state index is 1.12. The van der Waals surface area contributed by atoms with Gasteiger partial charge in [0.05, 0.1) is 0 Å². The van der Waals surface area contributed by atoms with Crippen molar-refractivity contribution >= 4 is 43.9 Å². The third-order valence-electron chi connectivity index (χ3n) is 1.38. The molecule has 0 saturated heterocycles. The average Bonchev–Trinajstić information content (AvgIpc) is 2.05. The molecule has 0 aliphatic rings. The van der Waals surface area contributed by atoms with E-state index in [9.17, 15) is 0 Å². The summed E-state index contributed by atoms with van der Waals surface area (Å²) in [6.07, 6.45) is 0. The molecule has 60 valence electrons. The SMILES string of the molecule is CC[As](Cl)c1ccc(Br)cc1. The monoisotopic (exact) mass is 294 g/mol. The molecule has 0 nitrogen and oxygen atoms in total. The Morgan fingerprint density at radius 2 is 1.91 bits per heavy atom. The number of hydrogen-bond acceptors (Lipinski definition) is 0. The molecule has 0 radical (unpaired) electrons. The van der Waals surface area contributed by atoms with Gasteiger partial charge in [0, 0.05) is 0 Å². The van der Waals surface area contributed by atoms with Gasteiger partial charge in [0.2, 0.25) is 0 Å². The zero-order valence-electron chi connectivity index (χ0n) is 6.22. The van der Waals surface area contributed by atoms with Gasteiger partial charge in [-0.2, -0.15) is 0 Å². The molecular weight excluding hydrogens is 286 g/mol. The standard InChI is InChI=1S/C8H9AsBrCl/c1-2-9(11)7-3-5-8(10)6-4-7/h3-6H,2H2,1H3. The van der Waals surface area contributed by atoms with Gasteiger partial charge in [0.1, 0.15) is 0 Å². The van der Waals surface area contributed by atoms with Gasteiger partial charge in [0.15, 0.2) is 0 Å². The van der Waals surface area contributed by atoms with Crippen LogP contribution in [0.2, 0.25) is 5.21 Å². The molecule has 0 heterocycles. The van der Waals surface area contributed by atoms with Crippen molar-refractivity contribution in [3.05, 3.63) is 28.7 Å². The quantitative estimate of drug-likeness (QED) is 0.736. The van der Waals surface area contributed by atoms with E-state index in [-0.39, 0.29) is 0 Å². The van der Waals surface area contributed by atoms with Crippen LogP contribution in [-0.2, 0) is 0 Å². The van der Waals surface area contributed by atoms with Gasteiger partial charge < -0.3 is 0 Å². The molecule has 1 rings (SSSR count). The Morgan fingerprint density at radius 1 is 1.36 bits per heavy atom. The van der Waals surface area contributed by atoms with Crippen molar-refractivity contribution in [3.8, 4) is 0 Å². The van der Waals surface area contributed by atoms with Crippen LogP contribution in [-0.4, -0.2) is 13.7 Å². The van der Waals surface area contributed by atoms with Crippen molar-refractivity contribution in [1.29, 1.82) is 0 Å². The van der Waals surface area contributed by atoms with E-state index in [1.54, 1.807) is 0 Å². The van der Waals surface area contributed by atoms with Crippen LogP contribution in [0.4, 0.5) is 0 Å². The summed E-state index contributed by atoms with van der Waals surface area (Å²) < 4.78 is 2.46. The van der Waals surface area contributed by atoms with Crippen LogP contribution in [0.1, 0.15) is 6.92 Å². The van der Waals surface area contributed by atoms with Crippen LogP contribution >= 0.6 is 25.9 Å². The maximum absolute atomic E-state index is 6.17. The number of rotatable bonds is 2. The van der Waals surface area contributed by atoms with Crippen molar-refractivity contribution in [2.75, 3.05) is 0 Å². The molecule has 1 unspecified atom stereocenters. The Kier molecular flexibility index (Phi) is 3.98. The maximum atomic E-state index is 6.17. The van der Waals surface area contributed by atoms with Crippen LogP contribution in [0.25, 0.3) is 0 Å². The molecule has 1 aromatic carbocycles. The minimum atomic E-state index is -1.17. The van der Waals surface area contributed by atoms with Gasteiger partial charge >= 0.3 is 84.8 Å². The Labute approximate surface area is 84.5 Å². The van der Waals surface area contributed by atoms with E-state index in [4.69, 9.17) is 9.95 Å². The van der Waals surface area contributed by atoms with E-state index in [1.807, 2.05) is 0 Å². The molecule has 0 saturated carbocycles. The first-order valence-corrected chi connectivity index (χ1v) is 8.95. The van der Waals surface area contributed by atoms with Crippen LogP contribution in [0.15, 0.2) is 28.7 Å². The van der Waals surface area contributed by atoms with Crippen LogP contribution in [0, 0.1) is 0 Å². The summed E-state index contributed by atoms with van der Waals surface area (Å²) in [4.78, 5) is 0. The third-order valence-corrected chi connectivity index (χ3v) is 7.14. The molecule has 0 amide bonds. The van der Waals surface area contributed by atoms with Crippen molar-refractivity contribution in [1.82, 2.24) is 0 Å². The van der Waals surface area contributed by atoms with Crippen molar-refractivity contribution < 1.29 is 0 Å². The van der Waals surface area contributed by atoms with Gasteiger partial charge in [-0.25, -0.2) is 0 Å². The van der Waals surface area contributed by atoms with Crippen molar-refractivity contribution in [3.63, 3.8) is 0 Å². The number of hydrogen-bond donors (Lipinski definition) is 0. The fraction of sp³-hybridized carbons (Fsp3) is 0.250. The van der Waals surface area contributed by atoms with E-state index in [0.29, 0.717) is 0 Å². The summed E-state index contributed by atoms with van der Waals surface area (Å²) in [6, 6.07) is 8.32. The Morgan fingerprint density at radius 3 is 2.36 bits per heavy atom. The second kappa shape index (κ2) is 4.54. The topological polar surface area (TPSA) is 0 Å². The van der Waals surface area contributed by atoms with Crippen LogP contribution < -0.4 is 4.35 Å². The zero-order chi connectivity index (χ0) is 8.27. The summed E-state index contributed by atoms with van der Waals surface area (Å²) in [5.74, 6) is 0. The second-order valence-corrected chi connectivity index (χ2v) is 9.12. The normalized spacial score (nSPS) is 13.0. The summed E-state index contributed by atoms with van der Waals surface area (Å²) in [7, 11) is 6.17. The molecule has 0 aliphatic carbocycles. The summed E-state index contributed by atoms with van der Waals surface area (Å²) in [6.45, 7) is 2.15. The van der Waals surface area contributed by atoms with Crippen molar-refractivity contribution in [2.24, 2.45) is 0 Å². The van der Waals surface area contributed by atoms with Gasteiger partial charge in [-0.3, -0.25) is 0 Å². The van der Waals surface area contributed by atoms with E-state index < -0.39 is 13.7 Å².